The van der Waals surface area contributed by atoms with E-state index in [0.717, 1.165) is 13.1 Å². The molecule has 0 fully saturated rings. The highest BCUT2D eigenvalue weighted by Gasteiger charge is 2.15. The Morgan fingerprint density at radius 1 is 1.03 bits per heavy atom. The summed E-state index contributed by atoms with van der Waals surface area (Å²) in [5.74, 6) is -0.463. The fourth-order valence-electron chi connectivity index (χ4n) is 3.17. The molecule has 0 radical (unpaired) electrons. The quantitative estimate of drug-likeness (QED) is 0.403. The van der Waals surface area contributed by atoms with Gasteiger partial charge in [-0.05, 0) is 61.6 Å². The van der Waals surface area contributed by atoms with Crippen molar-refractivity contribution in [2.75, 3.05) is 38.7 Å². The van der Waals surface area contributed by atoms with Crippen LogP contribution in [0.1, 0.15) is 34.6 Å². The molecule has 3 aromatic rings. The van der Waals surface area contributed by atoms with Gasteiger partial charge < -0.3 is 24.1 Å². The lowest BCUT2D eigenvalue weighted by molar-refractivity contribution is 0.0466. The summed E-state index contributed by atoms with van der Waals surface area (Å²) in [5, 5.41) is 3.21. The zero-order valence-corrected chi connectivity index (χ0v) is 18.3. The smallest absolute Gasteiger partial charge is 0.349 e. The molecule has 0 aliphatic heterocycles. The van der Waals surface area contributed by atoms with E-state index in [1.807, 2.05) is 0 Å². The number of esters is 1. The summed E-state index contributed by atoms with van der Waals surface area (Å²) in [6.45, 7) is 6.87. The van der Waals surface area contributed by atoms with E-state index in [2.05, 4.69) is 24.1 Å². The molecule has 0 unspecified atom stereocenters. The van der Waals surface area contributed by atoms with Crippen LogP contribution in [0, 0.1) is 0 Å². The number of ether oxygens (including phenoxy) is 2. The molecule has 1 aromatic heterocycles. The summed E-state index contributed by atoms with van der Waals surface area (Å²) in [7, 11) is 1.53. The molecule has 1 heterocycles. The van der Waals surface area contributed by atoms with E-state index >= 15 is 0 Å². The summed E-state index contributed by atoms with van der Waals surface area (Å²) in [4.78, 5) is 39.2. The molecule has 3 rings (SSSR count). The zero-order chi connectivity index (χ0) is 23.1. The van der Waals surface area contributed by atoms with E-state index < -0.39 is 17.5 Å². The number of carbonyl (C=O) groups is 2. The molecule has 0 bridgehead atoms. The lowest BCUT2D eigenvalue weighted by Gasteiger charge is -2.17. The molecule has 2 aromatic carbocycles. The normalized spacial score (nSPS) is 10.9. The van der Waals surface area contributed by atoms with Gasteiger partial charge in [0.15, 0.2) is 0 Å². The summed E-state index contributed by atoms with van der Waals surface area (Å²) in [6, 6.07) is 12.7. The SMILES string of the molecule is CCN(CC)CCOC(=O)c1ccc(NC(=O)c2cc3cc(OC)ccc3oc2=O)cc1. The standard InChI is InChI=1S/C24H26N2O6/c1-4-26(5-2)12-13-31-23(28)16-6-8-18(9-7-16)25-22(27)20-15-17-14-19(30-3)10-11-21(17)32-24(20)29/h6-11,14-15H,4-5,12-13H2,1-3H3,(H,25,27). The number of hydrogen-bond donors (Lipinski definition) is 1. The van der Waals surface area contributed by atoms with E-state index in [-0.39, 0.29) is 5.56 Å². The fourth-order valence-corrected chi connectivity index (χ4v) is 3.17. The lowest BCUT2D eigenvalue weighted by atomic mass is 10.1. The highest BCUT2D eigenvalue weighted by atomic mass is 16.5. The van der Waals surface area contributed by atoms with Gasteiger partial charge in [0, 0.05) is 17.6 Å². The third-order valence-electron chi connectivity index (χ3n) is 5.10. The average molecular weight is 438 g/mol. The highest BCUT2D eigenvalue weighted by molar-refractivity contribution is 6.05. The van der Waals surface area contributed by atoms with Crippen LogP contribution in [0.4, 0.5) is 5.69 Å². The predicted molar refractivity (Wildman–Crippen MR) is 122 cm³/mol. The number of methoxy groups -OCH3 is 1. The Morgan fingerprint density at radius 2 is 1.75 bits per heavy atom. The van der Waals surface area contributed by atoms with E-state index in [4.69, 9.17) is 13.9 Å². The van der Waals surface area contributed by atoms with Crippen LogP contribution in [0.3, 0.4) is 0 Å². The molecule has 0 spiro atoms. The predicted octanol–water partition coefficient (Wildman–Crippen LogP) is 3.55. The van der Waals surface area contributed by atoms with Crippen molar-refractivity contribution in [1.82, 2.24) is 4.90 Å². The number of nitrogens with zero attached hydrogens (tertiary/aromatic N) is 1. The molecule has 1 amide bonds. The van der Waals surface area contributed by atoms with Crippen molar-refractivity contribution in [2.45, 2.75) is 13.8 Å². The van der Waals surface area contributed by atoms with E-state index in [0.29, 0.717) is 41.1 Å². The minimum absolute atomic E-state index is 0.134. The molecule has 8 nitrogen and oxygen atoms in total. The van der Waals surface area contributed by atoms with Crippen molar-refractivity contribution in [1.29, 1.82) is 0 Å². The van der Waals surface area contributed by atoms with Gasteiger partial charge in [0.25, 0.3) is 5.91 Å². The molecule has 1 N–H and O–H groups in total. The van der Waals surface area contributed by atoms with Crippen molar-refractivity contribution in [3.05, 3.63) is 70.1 Å². The molecule has 32 heavy (non-hydrogen) atoms. The van der Waals surface area contributed by atoms with Gasteiger partial charge in [0.05, 0.1) is 12.7 Å². The van der Waals surface area contributed by atoms with Crippen LogP contribution in [-0.4, -0.2) is 50.1 Å². The lowest BCUT2D eigenvalue weighted by Crippen LogP contribution is -2.27. The van der Waals surface area contributed by atoms with Crippen LogP contribution in [0.2, 0.25) is 0 Å². The second kappa shape index (κ2) is 10.6. The van der Waals surface area contributed by atoms with Crippen molar-refractivity contribution in [2.24, 2.45) is 0 Å². The Kier molecular flexibility index (Phi) is 7.62. The first-order valence-corrected chi connectivity index (χ1v) is 10.4. The average Bonchev–Trinajstić information content (AvgIpc) is 2.81. The maximum absolute atomic E-state index is 12.6. The number of benzene rings is 2. The van der Waals surface area contributed by atoms with Crippen molar-refractivity contribution < 1.29 is 23.5 Å². The van der Waals surface area contributed by atoms with Gasteiger partial charge in [0.1, 0.15) is 23.5 Å². The number of fused-ring (bicyclic) bond motifs is 1. The van der Waals surface area contributed by atoms with Crippen molar-refractivity contribution in [3.8, 4) is 5.75 Å². The van der Waals surface area contributed by atoms with E-state index in [1.54, 1.807) is 42.5 Å². The van der Waals surface area contributed by atoms with Crippen LogP contribution in [-0.2, 0) is 4.74 Å². The summed E-state index contributed by atoms with van der Waals surface area (Å²) in [6.07, 6.45) is 0. The largest absolute Gasteiger partial charge is 0.497 e. The molecule has 0 aliphatic carbocycles. The maximum atomic E-state index is 12.6. The highest BCUT2D eigenvalue weighted by Crippen LogP contribution is 2.21. The first-order chi connectivity index (χ1) is 15.4. The maximum Gasteiger partial charge on any atom is 0.349 e. The first kappa shape index (κ1) is 23.0. The number of anilines is 1. The molecular formula is C24H26N2O6. The number of likely N-dealkylation sites (N-methyl/N-ethyl adjacent to an activating group) is 1. The van der Waals surface area contributed by atoms with Gasteiger partial charge in [-0.2, -0.15) is 0 Å². The molecule has 0 saturated heterocycles. The van der Waals surface area contributed by atoms with Crippen molar-refractivity contribution in [3.63, 3.8) is 0 Å². The molecule has 0 aliphatic rings. The second-order valence-electron chi connectivity index (χ2n) is 7.05. The van der Waals surface area contributed by atoms with Gasteiger partial charge in [-0.1, -0.05) is 13.8 Å². The Hall–Kier alpha value is -3.65. The zero-order valence-electron chi connectivity index (χ0n) is 18.3. The molecule has 8 heteroatoms. The van der Waals surface area contributed by atoms with Gasteiger partial charge in [-0.15, -0.1) is 0 Å². The molecule has 168 valence electrons. The first-order valence-electron chi connectivity index (χ1n) is 10.4. The van der Waals surface area contributed by atoms with Crippen LogP contribution >= 0.6 is 0 Å². The molecule has 0 saturated carbocycles. The Bertz CT molecular complexity index is 1150. The Balaban J connectivity index is 1.66. The number of rotatable bonds is 9. The monoisotopic (exact) mass is 438 g/mol. The minimum Gasteiger partial charge on any atom is -0.497 e. The summed E-state index contributed by atoms with van der Waals surface area (Å²) >= 11 is 0. The summed E-state index contributed by atoms with van der Waals surface area (Å²) < 4.78 is 15.7. The topological polar surface area (TPSA) is 98.1 Å². The fraction of sp³-hybridized carbons (Fsp3) is 0.292. The van der Waals surface area contributed by atoms with Gasteiger partial charge >= 0.3 is 11.6 Å². The van der Waals surface area contributed by atoms with E-state index in [9.17, 15) is 14.4 Å². The van der Waals surface area contributed by atoms with Crippen LogP contribution in [0.5, 0.6) is 5.75 Å². The summed E-state index contributed by atoms with van der Waals surface area (Å²) in [5.41, 5.74) is 0.287. The van der Waals surface area contributed by atoms with Crippen molar-refractivity contribution >= 4 is 28.5 Å². The van der Waals surface area contributed by atoms with Gasteiger partial charge in [0.2, 0.25) is 0 Å². The second-order valence-corrected chi connectivity index (χ2v) is 7.05. The third-order valence-corrected chi connectivity index (χ3v) is 5.10. The van der Waals surface area contributed by atoms with Gasteiger partial charge in [-0.25, -0.2) is 9.59 Å². The molecule has 0 atom stereocenters. The number of nitrogens with one attached hydrogen (secondary N) is 1. The minimum atomic E-state index is -0.742. The van der Waals surface area contributed by atoms with Crippen LogP contribution in [0.15, 0.2) is 57.7 Å². The number of hydrogen-bond acceptors (Lipinski definition) is 7. The molecular weight excluding hydrogens is 412 g/mol. The van der Waals surface area contributed by atoms with E-state index in [1.165, 1.54) is 13.2 Å². The van der Waals surface area contributed by atoms with Crippen LogP contribution < -0.4 is 15.7 Å². The Labute approximate surface area is 185 Å². The third kappa shape index (κ3) is 5.53. The number of carbonyl (C=O) groups excluding carboxylic acids is 2. The van der Waals surface area contributed by atoms with Gasteiger partial charge in [-0.3, -0.25) is 4.79 Å². The Morgan fingerprint density at radius 3 is 2.41 bits per heavy atom. The number of amides is 1. The van der Waals surface area contributed by atoms with Crippen LogP contribution in [0.25, 0.3) is 11.0 Å².